The molecule has 4 aromatic carbocycles. The predicted molar refractivity (Wildman–Crippen MR) is 140 cm³/mol. The minimum atomic E-state index is -0.379. The summed E-state index contributed by atoms with van der Waals surface area (Å²) in [5.41, 5.74) is 11.2. The largest absolute Gasteiger partial charge is 0.329 e. The van der Waals surface area contributed by atoms with Gasteiger partial charge in [0.2, 0.25) is 0 Å². The van der Waals surface area contributed by atoms with E-state index in [1.807, 2.05) is 0 Å². The maximum atomic E-state index is 6.40. The van der Waals surface area contributed by atoms with Crippen LogP contribution in [0.25, 0.3) is 0 Å². The van der Waals surface area contributed by atoms with Crippen LogP contribution in [0.3, 0.4) is 0 Å². The SMILES string of the molecule is NCC1CN(C(c2ccccc2)(c2ccccc2)c2ccccc2)CCN1Cc1ccccc1. The van der Waals surface area contributed by atoms with Crippen LogP contribution in [-0.2, 0) is 12.1 Å². The van der Waals surface area contributed by atoms with Crippen LogP contribution in [0.1, 0.15) is 22.3 Å². The Balaban J connectivity index is 1.59. The van der Waals surface area contributed by atoms with Gasteiger partial charge < -0.3 is 5.73 Å². The van der Waals surface area contributed by atoms with Crippen LogP contribution in [0.15, 0.2) is 121 Å². The number of hydrogen-bond acceptors (Lipinski definition) is 3. The zero-order chi connectivity index (χ0) is 23.2. The summed E-state index contributed by atoms with van der Waals surface area (Å²) in [4.78, 5) is 5.21. The van der Waals surface area contributed by atoms with Gasteiger partial charge in [0.25, 0.3) is 0 Å². The van der Waals surface area contributed by atoms with E-state index in [1.54, 1.807) is 0 Å². The molecule has 3 heteroatoms. The van der Waals surface area contributed by atoms with Gasteiger partial charge >= 0.3 is 0 Å². The van der Waals surface area contributed by atoms with Crippen molar-refractivity contribution in [2.45, 2.75) is 18.1 Å². The van der Waals surface area contributed by atoms with E-state index in [1.165, 1.54) is 22.3 Å². The van der Waals surface area contributed by atoms with E-state index in [-0.39, 0.29) is 11.6 Å². The van der Waals surface area contributed by atoms with Crippen molar-refractivity contribution in [3.05, 3.63) is 144 Å². The molecule has 172 valence electrons. The lowest BCUT2D eigenvalue weighted by Crippen LogP contribution is -2.61. The van der Waals surface area contributed by atoms with Crippen LogP contribution < -0.4 is 5.73 Å². The molecule has 1 saturated heterocycles. The van der Waals surface area contributed by atoms with Gasteiger partial charge in [0.15, 0.2) is 0 Å². The molecular weight excluding hydrogens is 414 g/mol. The highest BCUT2D eigenvalue weighted by Gasteiger charge is 2.44. The van der Waals surface area contributed by atoms with Crippen molar-refractivity contribution in [2.75, 3.05) is 26.2 Å². The fourth-order valence-electron chi connectivity index (χ4n) is 5.53. The maximum Gasteiger partial charge on any atom is 0.0973 e. The Morgan fingerprint density at radius 2 is 1.06 bits per heavy atom. The van der Waals surface area contributed by atoms with E-state index in [2.05, 4.69) is 131 Å². The van der Waals surface area contributed by atoms with E-state index < -0.39 is 0 Å². The standard InChI is InChI=1S/C31H33N3/c32-23-30-25-34(22-21-33(30)24-26-13-5-1-6-14-26)31(27-15-7-2-8-16-27,28-17-9-3-10-18-28)29-19-11-4-12-20-29/h1-20,30H,21-25,32H2. The Kier molecular flexibility index (Phi) is 6.87. The summed E-state index contributed by atoms with van der Waals surface area (Å²) in [5, 5.41) is 0. The Morgan fingerprint density at radius 3 is 1.50 bits per heavy atom. The smallest absolute Gasteiger partial charge is 0.0973 e. The van der Waals surface area contributed by atoms with Crippen molar-refractivity contribution >= 4 is 0 Å². The lowest BCUT2D eigenvalue weighted by molar-refractivity contribution is 0.0288. The number of piperazine rings is 1. The molecule has 0 spiro atoms. The first kappa shape index (κ1) is 22.5. The van der Waals surface area contributed by atoms with Gasteiger partial charge in [-0.1, -0.05) is 121 Å². The summed E-state index contributed by atoms with van der Waals surface area (Å²) in [6, 6.07) is 43.9. The maximum absolute atomic E-state index is 6.40. The Morgan fingerprint density at radius 1 is 0.618 bits per heavy atom. The van der Waals surface area contributed by atoms with Crippen molar-refractivity contribution in [1.29, 1.82) is 0 Å². The summed E-state index contributed by atoms with van der Waals surface area (Å²) < 4.78 is 0. The average molecular weight is 448 g/mol. The van der Waals surface area contributed by atoms with Crippen LogP contribution in [-0.4, -0.2) is 42.0 Å². The molecule has 0 amide bonds. The summed E-state index contributed by atoms with van der Waals surface area (Å²) in [6.45, 7) is 4.42. The second-order valence-electron chi connectivity index (χ2n) is 9.10. The molecule has 5 rings (SSSR count). The zero-order valence-electron chi connectivity index (χ0n) is 19.6. The van der Waals surface area contributed by atoms with Crippen molar-refractivity contribution in [3.63, 3.8) is 0 Å². The molecule has 34 heavy (non-hydrogen) atoms. The summed E-state index contributed by atoms with van der Waals surface area (Å²) in [5.74, 6) is 0. The summed E-state index contributed by atoms with van der Waals surface area (Å²) in [7, 11) is 0. The monoisotopic (exact) mass is 447 g/mol. The molecule has 0 aliphatic carbocycles. The van der Waals surface area contributed by atoms with E-state index in [9.17, 15) is 0 Å². The molecular formula is C31H33N3. The van der Waals surface area contributed by atoms with E-state index in [0.29, 0.717) is 6.54 Å². The van der Waals surface area contributed by atoms with Crippen molar-refractivity contribution in [1.82, 2.24) is 9.80 Å². The number of nitrogens with zero attached hydrogens (tertiary/aromatic N) is 2. The molecule has 1 atom stereocenters. The highest BCUT2D eigenvalue weighted by molar-refractivity contribution is 5.49. The van der Waals surface area contributed by atoms with E-state index >= 15 is 0 Å². The molecule has 0 aromatic heterocycles. The van der Waals surface area contributed by atoms with Gasteiger partial charge in [-0.05, 0) is 22.3 Å². The molecule has 2 N–H and O–H groups in total. The first-order chi connectivity index (χ1) is 16.8. The number of nitrogens with two attached hydrogens (primary N) is 1. The second kappa shape index (κ2) is 10.4. The minimum Gasteiger partial charge on any atom is -0.329 e. The topological polar surface area (TPSA) is 32.5 Å². The van der Waals surface area contributed by atoms with Gasteiger partial charge in [-0.15, -0.1) is 0 Å². The molecule has 0 radical (unpaired) electrons. The number of benzene rings is 4. The van der Waals surface area contributed by atoms with Crippen LogP contribution >= 0.6 is 0 Å². The Labute approximate surface area is 203 Å². The fourth-order valence-corrected chi connectivity index (χ4v) is 5.53. The van der Waals surface area contributed by atoms with E-state index in [0.717, 1.165) is 26.2 Å². The first-order valence-corrected chi connectivity index (χ1v) is 12.2. The molecule has 1 fully saturated rings. The quantitative estimate of drug-likeness (QED) is 0.399. The second-order valence-corrected chi connectivity index (χ2v) is 9.10. The fraction of sp³-hybridized carbons (Fsp3) is 0.226. The predicted octanol–water partition coefficient (Wildman–Crippen LogP) is 5.12. The van der Waals surface area contributed by atoms with Gasteiger partial charge in [0, 0.05) is 38.8 Å². The Hall–Kier alpha value is -3.24. The van der Waals surface area contributed by atoms with Crippen molar-refractivity contribution in [2.24, 2.45) is 5.73 Å². The summed E-state index contributed by atoms with van der Waals surface area (Å²) in [6.07, 6.45) is 0. The Bertz CT molecular complexity index is 1050. The molecule has 0 bridgehead atoms. The third-order valence-corrected chi connectivity index (χ3v) is 7.15. The molecule has 3 nitrogen and oxygen atoms in total. The van der Waals surface area contributed by atoms with Gasteiger partial charge in [0.1, 0.15) is 0 Å². The van der Waals surface area contributed by atoms with Crippen molar-refractivity contribution < 1.29 is 0 Å². The molecule has 1 aliphatic rings. The highest BCUT2D eigenvalue weighted by atomic mass is 15.3. The van der Waals surface area contributed by atoms with Crippen LogP contribution in [0, 0.1) is 0 Å². The molecule has 1 aliphatic heterocycles. The lowest BCUT2D eigenvalue weighted by Gasteiger charge is -2.51. The molecule has 4 aromatic rings. The third-order valence-electron chi connectivity index (χ3n) is 7.15. The lowest BCUT2D eigenvalue weighted by atomic mass is 9.75. The van der Waals surface area contributed by atoms with E-state index in [4.69, 9.17) is 5.73 Å². The summed E-state index contributed by atoms with van der Waals surface area (Å²) >= 11 is 0. The first-order valence-electron chi connectivity index (χ1n) is 12.2. The molecule has 1 unspecified atom stereocenters. The minimum absolute atomic E-state index is 0.282. The zero-order valence-corrected chi connectivity index (χ0v) is 19.6. The number of rotatable bonds is 7. The van der Waals surface area contributed by atoms with Gasteiger partial charge in [0.05, 0.1) is 5.54 Å². The normalized spacial score (nSPS) is 17.5. The highest BCUT2D eigenvalue weighted by Crippen LogP contribution is 2.43. The van der Waals surface area contributed by atoms with Crippen LogP contribution in [0.2, 0.25) is 0 Å². The average Bonchev–Trinajstić information content (AvgIpc) is 2.92. The van der Waals surface area contributed by atoms with Crippen molar-refractivity contribution in [3.8, 4) is 0 Å². The molecule has 0 saturated carbocycles. The van der Waals surface area contributed by atoms with Crippen LogP contribution in [0.4, 0.5) is 0 Å². The third kappa shape index (κ3) is 4.30. The van der Waals surface area contributed by atoms with Gasteiger partial charge in [-0.2, -0.15) is 0 Å². The van der Waals surface area contributed by atoms with Gasteiger partial charge in [-0.3, -0.25) is 9.80 Å². The van der Waals surface area contributed by atoms with Crippen LogP contribution in [0.5, 0.6) is 0 Å². The molecule has 1 heterocycles. The number of hydrogen-bond donors (Lipinski definition) is 1. The van der Waals surface area contributed by atoms with Gasteiger partial charge in [-0.25, -0.2) is 0 Å².